The summed E-state index contributed by atoms with van der Waals surface area (Å²) in [6, 6.07) is 7.48. The van der Waals surface area contributed by atoms with Crippen molar-refractivity contribution in [3.8, 4) is 5.75 Å². The van der Waals surface area contributed by atoms with Gasteiger partial charge in [0.2, 0.25) is 0 Å². The first-order chi connectivity index (χ1) is 8.77. The predicted molar refractivity (Wildman–Crippen MR) is 70.1 cm³/mol. The van der Waals surface area contributed by atoms with E-state index in [1.165, 1.54) is 11.3 Å². The lowest BCUT2D eigenvalue weighted by Crippen LogP contribution is -2.37. The average molecular weight is 261 g/mol. The number of ether oxygens (including phenoxy) is 1. The Kier molecular flexibility index (Phi) is 2.64. The van der Waals surface area contributed by atoms with Gasteiger partial charge in [-0.2, -0.15) is 0 Å². The summed E-state index contributed by atoms with van der Waals surface area (Å²) in [5, 5.41) is 0. The van der Waals surface area contributed by atoms with Crippen LogP contribution in [0.1, 0.15) is 9.67 Å². The molecule has 3 rings (SSSR count). The number of hydrogen-bond donors (Lipinski definition) is 1. The number of rotatable bonds is 1. The van der Waals surface area contributed by atoms with Gasteiger partial charge in [-0.1, -0.05) is 12.1 Å². The number of thiazole rings is 1. The van der Waals surface area contributed by atoms with Gasteiger partial charge >= 0.3 is 0 Å². The van der Waals surface area contributed by atoms with Gasteiger partial charge in [0.05, 0.1) is 17.7 Å². The number of aromatic nitrogens is 1. The summed E-state index contributed by atoms with van der Waals surface area (Å²) < 4.78 is 5.51. The number of nitrogens with two attached hydrogens (primary N) is 1. The van der Waals surface area contributed by atoms with E-state index in [0.29, 0.717) is 18.0 Å². The average Bonchev–Trinajstić information content (AvgIpc) is 2.83. The van der Waals surface area contributed by atoms with Crippen molar-refractivity contribution < 1.29 is 9.53 Å². The summed E-state index contributed by atoms with van der Waals surface area (Å²) in [7, 11) is 0. The summed E-state index contributed by atoms with van der Waals surface area (Å²) in [6.45, 7) is 1.01. The molecule has 0 spiro atoms. The van der Waals surface area contributed by atoms with Crippen molar-refractivity contribution in [1.29, 1.82) is 0 Å². The van der Waals surface area contributed by atoms with Crippen molar-refractivity contribution in [2.45, 2.75) is 0 Å². The minimum Gasteiger partial charge on any atom is -0.490 e. The van der Waals surface area contributed by atoms with Crippen LogP contribution < -0.4 is 15.4 Å². The molecular formula is C12H11N3O2S. The SMILES string of the molecule is Nc1ncsc1C(=O)N1CCOc2ccccc21. The lowest BCUT2D eigenvalue weighted by molar-refractivity contribution is 0.0981. The molecule has 0 atom stereocenters. The topological polar surface area (TPSA) is 68.5 Å². The maximum Gasteiger partial charge on any atom is 0.272 e. The van der Waals surface area contributed by atoms with Crippen LogP contribution in [0.4, 0.5) is 11.5 Å². The second-order valence-corrected chi connectivity index (χ2v) is 4.69. The minimum atomic E-state index is -0.120. The molecule has 1 aliphatic heterocycles. The molecular weight excluding hydrogens is 250 g/mol. The van der Waals surface area contributed by atoms with Crippen LogP contribution >= 0.6 is 11.3 Å². The molecule has 2 heterocycles. The molecule has 92 valence electrons. The van der Waals surface area contributed by atoms with Gasteiger partial charge < -0.3 is 15.4 Å². The van der Waals surface area contributed by atoms with E-state index in [4.69, 9.17) is 10.5 Å². The van der Waals surface area contributed by atoms with Gasteiger partial charge in [0.15, 0.2) is 0 Å². The molecule has 0 unspecified atom stereocenters. The fraction of sp³-hybridized carbons (Fsp3) is 0.167. The van der Waals surface area contributed by atoms with Gasteiger partial charge in [-0.3, -0.25) is 4.79 Å². The normalized spacial score (nSPS) is 13.9. The van der Waals surface area contributed by atoms with E-state index in [1.807, 2.05) is 24.3 Å². The van der Waals surface area contributed by atoms with Crippen LogP contribution in [-0.2, 0) is 0 Å². The molecule has 1 amide bonds. The number of fused-ring (bicyclic) bond motifs is 1. The van der Waals surface area contributed by atoms with Gasteiger partial charge in [-0.05, 0) is 12.1 Å². The van der Waals surface area contributed by atoms with E-state index in [2.05, 4.69) is 4.98 Å². The van der Waals surface area contributed by atoms with Crippen LogP contribution in [-0.4, -0.2) is 24.0 Å². The van der Waals surface area contributed by atoms with Crippen molar-refractivity contribution in [3.63, 3.8) is 0 Å². The summed E-state index contributed by atoms with van der Waals surface area (Å²) in [4.78, 5) is 18.5. The molecule has 0 aliphatic carbocycles. The molecule has 0 saturated carbocycles. The van der Waals surface area contributed by atoms with Gasteiger partial charge in [-0.25, -0.2) is 4.98 Å². The predicted octanol–water partition coefficient (Wildman–Crippen LogP) is 1.76. The number of para-hydroxylation sites is 2. The van der Waals surface area contributed by atoms with Crippen molar-refractivity contribution in [1.82, 2.24) is 4.98 Å². The lowest BCUT2D eigenvalue weighted by Gasteiger charge is -2.29. The summed E-state index contributed by atoms with van der Waals surface area (Å²) >= 11 is 1.26. The van der Waals surface area contributed by atoms with E-state index >= 15 is 0 Å². The largest absolute Gasteiger partial charge is 0.490 e. The standard InChI is InChI=1S/C12H11N3O2S/c13-11-10(18-7-14-11)12(16)15-5-6-17-9-4-2-1-3-8(9)15/h1-4,7H,5-6,13H2. The van der Waals surface area contributed by atoms with Crippen LogP contribution in [0, 0.1) is 0 Å². The van der Waals surface area contributed by atoms with Crippen molar-refractivity contribution in [2.24, 2.45) is 0 Å². The van der Waals surface area contributed by atoms with E-state index in [0.717, 1.165) is 11.4 Å². The fourth-order valence-electron chi connectivity index (χ4n) is 1.92. The van der Waals surface area contributed by atoms with Gasteiger partial charge in [0, 0.05) is 0 Å². The number of amides is 1. The molecule has 2 aromatic rings. The quantitative estimate of drug-likeness (QED) is 0.849. The molecule has 1 aromatic carbocycles. The van der Waals surface area contributed by atoms with E-state index in [1.54, 1.807) is 10.4 Å². The maximum atomic E-state index is 12.4. The van der Waals surface area contributed by atoms with Gasteiger partial charge in [0.1, 0.15) is 23.1 Å². The first-order valence-electron chi connectivity index (χ1n) is 5.50. The zero-order valence-electron chi connectivity index (χ0n) is 9.50. The smallest absolute Gasteiger partial charge is 0.272 e. The number of carbonyl (C=O) groups is 1. The highest BCUT2D eigenvalue weighted by Gasteiger charge is 2.26. The monoisotopic (exact) mass is 261 g/mol. The van der Waals surface area contributed by atoms with E-state index in [-0.39, 0.29) is 11.7 Å². The molecule has 5 nitrogen and oxygen atoms in total. The minimum absolute atomic E-state index is 0.120. The molecule has 0 fully saturated rings. The Morgan fingerprint density at radius 3 is 3.06 bits per heavy atom. The Balaban J connectivity index is 2.00. The van der Waals surface area contributed by atoms with Crippen LogP contribution in [0.15, 0.2) is 29.8 Å². The Bertz CT molecular complexity index is 597. The third-order valence-corrected chi connectivity index (χ3v) is 3.59. The molecule has 0 radical (unpaired) electrons. The highest BCUT2D eigenvalue weighted by atomic mass is 32.1. The lowest BCUT2D eigenvalue weighted by atomic mass is 10.2. The van der Waals surface area contributed by atoms with Crippen molar-refractivity contribution >= 4 is 28.7 Å². The third kappa shape index (κ3) is 1.70. The second-order valence-electron chi connectivity index (χ2n) is 3.84. The molecule has 0 saturated heterocycles. The van der Waals surface area contributed by atoms with Crippen LogP contribution in [0.2, 0.25) is 0 Å². The molecule has 1 aromatic heterocycles. The highest BCUT2D eigenvalue weighted by Crippen LogP contribution is 2.33. The molecule has 2 N–H and O–H groups in total. The molecule has 1 aliphatic rings. The number of anilines is 2. The van der Waals surface area contributed by atoms with Gasteiger partial charge in [-0.15, -0.1) is 11.3 Å². The summed E-state index contributed by atoms with van der Waals surface area (Å²) in [6.07, 6.45) is 0. The Labute approximate surface area is 108 Å². The number of carbonyl (C=O) groups excluding carboxylic acids is 1. The number of benzene rings is 1. The van der Waals surface area contributed by atoms with Crippen LogP contribution in [0.25, 0.3) is 0 Å². The zero-order valence-corrected chi connectivity index (χ0v) is 10.3. The number of nitrogens with zero attached hydrogens (tertiary/aromatic N) is 2. The van der Waals surface area contributed by atoms with Gasteiger partial charge in [0.25, 0.3) is 5.91 Å². The molecule has 0 bridgehead atoms. The Morgan fingerprint density at radius 2 is 2.28 bits per heavy atom. The maximum absolute atomic E-state index is 12.4. The first kappa shape index (κ1) is 11.0. The number of nitrogen functional groups attached to an aromatic ring is 1. The molecule has 6 heteroatoms. The third-order valence-electron chi connectivity index (χ3n) is 2.76. The van der Waals surface area contributed by atoms with Crippen LogP contribution in [0.5, 0.6) is 5.75 Å². The fourth-order valence-corrected chi connectivity index (χ4v) is 2.57. The van der Waals surface area contributed by atoms with Crippen molar-refractivity contribution in [2.75, 3.05) is 23.8 Å². The first-order valence-corrected chi connectivity index (χ1v) is 6.38. The summed E-state index contributed by atoms with van der Waals surface area (Å²) in [5.41, 5.74) is 8.05. The number of hydrogen-bond acceptors (Lipinski definition) is 5. The van der Waals surface area contributed by atoms with Crippen molar-refractivity contribution in [3.05, 3.63) is 34.7 Å². The Hall–Kier alpha value is -2.08. The van der Waals surface area contributed by atoms with E-state index < -0.39 is 0 Å². The molecule has 18 heavy (non-hydrogen) atoms. The van der Waals surface area contributed by atoms with E-state index in [9.17, 15) is 4.79 Å². The van der Waals surface area contributed by atoms with Crippen LogP contribution in [0.3, 0.4) is 0 Å². The summed E-state index contributed by atoms with van der Waals surface area (Å²) in [5.74, 6) is 0.889. The Morgan fingerprint density at radius 1 is 1.44 bits per heavy atom. The zero-order chi connectivity index (χ0) is 12.5. The second kappa shape index (κ2) is 4.30. The highest BCUT2D eigenvalue weighted by molar-refractivity contribution is 7.12.